The van der Waals surface area contributed by atoms with Gasteiger partial charge in [-0.3, -0.25) is 4.79 Å². The molecule has 1 aromatic carbocycles. The molecule has 1 atom stereocenters. The Labute approximate surface area is 95.0 Å². The Hall–Kier alpha value is -1.42. The van der Waals surface area contributed by atoms with Crippen molar-refractivity contribution in [3.05, 3.63) is 30.1 Å². The van der Waals surface area contributed by atoms with Gasteiger partial charge in [0.25, 0.3) is 0 Å². The first kappa shape index (κ1) is 12.6. The molecule has 0 saturated heterocycles. The minimum atomic E-state index is -0.495. The molecule has 4 heteroatoms. The minimum Gasteiger partial charge on any atom is -0.320 e. The van der Waals surface area contributed by atoms with Crippen LogP contribution in [0.2, 0.25) is 0 Å². The predicted octanol–water partition coefficient (Wildman–Crippen LogP) is 1.92. The number of hydrogen-bond acceptors (Lipinski definition) is 2. The molecule has 1 aromatic rings. The van der Waals surface area contributed by atoms with Crippen molar-refractivity contribution in [2.45, 2.75) is 26.3 Å². The smallest absolute Gasteiger partial charge is 0.243 e. The number of carbonyl (C=O) groups is 1. The zero-order chi connectivity index (χ0) is 12.1. The molecule has 0 bridgehead atoms. The number of nitrogens with two attached hydrogens (primary N) is 1. The second-order valence-corrected chi connectivity index (χ2v) is 3.57. The summed E-state index contributed by atoms with van der Waals surface area (Å²) in [5.41, 5.74) is 6.37. The predicted molar refractivity (Wildman–Crippen MR) is 62.7 cm³/mol. The molecular weight excluding hydrogens is 207 g/mol. The number of amides is 1. The van der Waals surface area contributed by atoms with Gasteiger partial charge in [0.2, 0.25) is 5.91 Å². The van der Waals surface area contributed by atoms with Gasteiger partial charge in [-0.15, -0.1) is 0 Å². The fourth-order valence-corrected chi connectivity index (χ4v) is 1.46. The molecule has 0 fully saturated rings. The van der Waals surface area contributed by atoms with Crippen molar-refractivity contribution < 1.29 is 9.18 Å². The van der Waals surface area contributed by atoms with Crippen LogP contribution in [0.3, 0.4) is 0 Å². The molecule has 0 aromatic heterocycles. The van der Waals surface area contributed by atoms with Gasteiger partial charge in [0.15, 0.2) is 0 Å². The largest absolute Gasteiger partial charge is 0.320 e. The summed E-state index contributed by atoms with van der Waals surface area (Å²) in [7, 11) is 0. The molecule has 1 amide bonds. The molecular formula is C12H17FN2O. The molecule has 0 radical (unpaired) electrons. The number of rotatable bonds is 4. The van der Waals surface area contributed by atoms with Crippen LogP contribution in [-0.2, 0) is 4.79 Å². The average Bonchev–Trinajstić information content (AvgIpc) is 2.31. The second kappa shape index (κ2) is 5.61. The van der Waals surface area contributed by atoms with Crippen molar-refractivity contribution in [1.82, 2.24) is 0 Å². The molecule has 2 N–H and O–H groups in total. The number of likely N-dealkylation sites (N-methyl/N-ethyl adjacent to an activating group) is 1. The van der Waals surface area contributed by atoms with Crippen molar-refractivity contribution in [2.24, 2.45) is 5.73 Å². The molecule has 0 spiro atoms. The SMILES string of the molecule is CC[C@@H](N)C(=O)N(CC)c1ccc(F)cc1. The molecule has 0 heterocycles. The Morgan fingerprint density at radius 2 is 1.94 bits per heavy atom. The number of carbonyl (C=O) groups excluding carboxylic acids is 1. The lowest BCUT2D eigenvalue weighted by Crippen LogP contribution is -2.43. The summed E-state index contributed by atoms with van der Waals surface area (Å²) in [5, 5.41) is 0. The fourth-order valence-electron chi connectivity index (χ4n) is 1.46. The number of anilines is 1. The van der Waals surface area contributed by atoms with E-state index in [1.54, 1.807) is 17.0 Å². The number of nitrogens with zero attached hydrogens (tertiary/aromatic N) is 1. The van der Waals surface area contributed by atoms with Gasteiger partial charge in [-0.05, 0) is 37.6 Å². The molecule has 0 saturated carbocycles. The molecule has 0 aliphatic heterocycles. The Morgan fingerprint density at radius 1 is 1.38 bits per heavy atom. The van der Waals surface area contributed by atoms with Gasteiger partial charge >= 0.3 is 0 Å². The third-order valence-corrected chi connectivity index (χ3v) is 2.48. The summed E-state index contributed by atoms with van der Waals surface area (Å²) in [5.74, 6) is -0.441. The summed E-state index contributed by atoms with van der Waals surface area (Å²) >= 11 is 0. The topological polar surface area (TPSA) is 46.3 Å². The van der Waals surface area contributed by atoms with Crippen molar-refractivity contribution in [3.63, 3.8) is 0 Å². The van der Waals surface area contributed by atoms with Gasteiger partial charge < -0.3 is 10.6 Å². The molecule has 0 aliphatic rings. The lowest BCUT2D eigenvalue weighted by atomic mass is 10.2. The van der Waals surface area contributed by atoms with Crippen LogP contribution >= 0.6 is 0 Å². The van der Waals surface area contributed by atoms with Crippen molar-refractivity contribution in [3.8, 4) is 0 Å². The first-order valence-corrected chi connectivity index (χ1v) is 5.42. The van der Waals surface area contributed by atoms with E-state index >= 15 is 0 Å². The van der Waals surface area contributed by atoms with Gasteiger partial charge in [-0.25, -0.2) is 4.39 Å². The Balaban J connectivity index is 2.90. The number of hydrogen-bond donors (Lipinski definition) is 1. The van der Waals surface area contributed by atoms with Crippen LogP contribution in [-0.4, -0.2) is 18.5 Å². The van der Waals surface area contributed by atoms with Gasteiger partial charge in [0.1, 0.15) is 5.82 Å². The zero-order valence-electron chi connectivity index (χ0n) is 9.61. The summed E-state index contributed by atoms with van der Waals surface area (Å²) in [6.45, 7) is 4.25. The summed E-state index contributed by atoms with van der Waals surface area (Å²) < 4.78 is 12.8. The highest BCUT2D eigenvalue weighted by Gasteiger charge is 2.19. The number of benzene rings is 1. The van der Waals surface area contributed by atoms with E-state index in [0.29, 0.717) is 18.7 Å². The second-order valence-electron chi connectivity index (χ2n) is 3.57. The zero-order valence-corrected chi connectivity index (χ0v) is 9.61. The minimum absolute atomic E-state index is 0.128. The van der Waals surface area contributed by atoms with E-state index in [1.165, 1.54) is 12.1 Å². The maximum atomic E-state index is 12.8. The third kappa shape index (κ3) is 2.79. The van der Waals surface area contributed by atoms with Crippen molar-refractivity contribution in [2.75, 3.05) is 11.4 Å². The highest BCUT2D eigenvalue weighted by Crippen LogP contribution is 2.15. The van der Waals surface area contributed by atoms with Gasteiger partial charge in [0.05, 0.1) is 6.04 Å². The van der Waals surface area contributed by atoms with E-state index in [-0.39, 0.29) is 11.7 Å². The van der Waals surface area contributed by atoms with E-state index in [9.17, 15) is 9.18 Å². The highest BCUT2D eigenvalue weighted by atomic mass is 19.1. The van der Waals surface area contributed by atoms with Gasteiger partial charge in [-0.2, -0.15) is 0 Å². The quantitative estimate of drug-likeness (QED) is 0.849. The van der Waals surface area contributed by atoms with Crippen LogP contribution in [0.4, 0.5) is 10.1 Å². The lowest BCUT2D eigenvalue weighted by Gasteiger charge is -2.23. The van der Waals surface area contributed by atoms with Crippen molar-refractivity contribution >= 4 is 11.6 Å². The van der Waals surface area contributed by atoms with E-state index in [4.69, 9.17) is 5.73 Å². The lowest BCUT2D eigenvalue weighted by molar-refractivity contribution is -0.119. The molecule has 16 heavy (non-hydrogen) atoms. The standard InChI is InChI=1S/C12H17FN2O/c1-3-11(14)12(16)15(4-2)10-7-5-9(13)6-8-10/h5-8,11H,3-4,14H2,1-2H3/t11-/m1/s1. The van der Waals surface area contributed by atoms with Crippen LogP contribution in [0.1, 0.15) is 20.3 Å². The van der Waals surface area contributed by atoms with E-state index in [2.05, 4.69) is 0 Å². The third-order valence-electron chi connectivity index (χ3n) is 2.48. The van der Waals surface area contributed by atoms with Crippen LogP contribution in [0.5, 0.6) is 0 Å². The fraction of sp³-hybridized carbons (Fsp3) is 0.417. The first-order chi connectivity index (χ1) is 7.60. The Kier molecular flexibility index (Phi) is 4.43. The highest BCUT2D eigenvalue weighted by molar-refractivity contribution is 5.96. The van der Waals surface area contributed by atoms with E-state index in [1.807, 2.05) is 13.8 Å². The van der Waals surface area contributed by atoms with Gasteiger partial charge in [-0.1, -0.05) is 6.92 Å². The molecule has 1 rings (SSSR count). The number of halogens is 1. The summed E-state index contributed by atoms with van der Waals surface area (Å²) in [6, 6.07) is 5.34. The van der Waals surface area contributed by atoms with Crippen LogP contribution in [0.15, 0.2) is 24.3 Å². The normalized spacial score (nSPS) is 12.2. The van der Waals surface area contributed by atoms with Crippen molar-refractivity contribution in [1.29, 1.82) is 0 Å². The average molecular weight is 224 g/mol. The van der Waals surface area contributed by atoms with Crippen LogP contribution < -0.4 is 10.6 Å². The van der Waals surface area contributed by atoms with Gasteiger partial charge in [0, 0.05) is 12.2 Å². The molecule has 0 aliphatic carbocycles. The molecule has 0 unspecified atom stereocenters. The van der Waals surface area contributed by atoms with Crippen LogP contribution in [0, 0.1) is 5.82 Å². The maximum Gasteiger partial charge on any atom is 0.243 e. The Morgan fingerprint density at radius 3 is 2.38 bits per heavy atom. The maximum absolute atomic E-state index is 12.8. The molecule has 3 nitrogen and oxygen atoms in total. The van der Waals surface area contributed by atoms with E-state index in [0.717, 1.165) is 0 Å². The monoisotopic (exact) mass is 224 g/mol. The van der Waals surface area contributed by atoms with E-state index < -0.39 is 6.04 Å². The molecule has 88 valence electrons. The van der Waals surface area contributed by atoms with Crippen LogP contribution in [0.25, 0.3) is 0 Å². The summed E-state index contributed by atoms with van der Waals surface area (Å²) in [6.07, 6.45) is 0.594. The Bertz CT molecular complexity index is 351. The summed E-state index contributed by atoms with van der Waals surface area (Å²) in [4.78, 5) is 13.5. The first-order valence-electron chi connectivity index (χ1n) is 5.42.